The molecule has 0 saturated carbocycles. The fourth-order valence-corrected chi connectivity index (χ4v) is 2.86. The Hall–Kier alpha value is -1.67. The Bertz CT molecular complexity index is 548. The van der Waals surface area contributed by atoms with Crippen LogP contribution in [0.1, 0.15) is 18.4 Å². The van der Waals surface area contributed by atoms with Gasteiger partial charge in [-0.1, -0.05) is 12.1 Å². The summed E-state index contributed by atoms with van der Waals surface area (Å²) < 4.78 is 50.7. The third kappa shape index (κ3) is 5.17. The van der Waals surface area contributed by atoms with E-state index in [9.17, 15) is 27.5 Å². The molecule has 0 aromatic heterocycles. The summed E-state index contributed by atoms with van der Waals surface area (Å²) in [6.07, 6.45) is -5.90. The molecule has 8 heteroatoms. The topological polar surface area (TPSA) is 52.6 Å². The molecule has 4 nitrogen and oxygen atoms in total. The van der Waals surface area contributed by atoms with Crippen LogP contribution in [0.5, 0.6) is 0 Å². The lowest BCUT2D eigenvalue weighted by Crippen LogP contribution is -2.49. The van der Waals surface area contributed by atoms with Crippen molar-refractivity contribution in [3.8, 4) is 0 Å². The van der Waals surface area contributed by atoms with Crippen molar-refractivity contribution in [2.24, 2.45) is 0 Å². The quantitative estimate of drug-likeness (QED) is 0.772. The van der Waals surface area contributed by atoms with Crippen molar-refractivity contribution in [2.75, 3.05) is 19.6 Å². The molecule has 1 heterocycles. The molecule has 0 spiro atoms. The number of nitrogens with zero attached hydrogens (tertiary/aromatic N) is 1. The number of nitrogens with one attached hydrogen (secondary N) is 1. The molecule has 1 saturated heterocycles. The molecule has 1 fully saturated rings. The van der Waals surface area contributed by atoms with Gasteiger partial charge in [-0.3, -0.25) is 9.69 Å². The zero-order valence-electron chi connectivity index (χ0n) is 13.0. The third-order valence-electron chi connectivity index (χ3n) is 4.11. The van der Waals surface area contributed by atoms with E-state index in [1.165, 1.54) is 17.0 Å². The van der Waals surface area contributed by atoms with Crippen molar-refractivity contribution in [3.63, 3.8) is 0 Å². The minimum absolute atomic E-state index is 0.179. The van der Waals surface area contributed by atoms with Gasteiger partial charge < -0.3 is 10.4 Å². The van der Waals surface area contributed by atoms with E-state index in [1.807, 2.05) is 0 Å². The second-order valence-corrected chi connectivity index (χ2v) is 5.89. The Labute approximate surface area is 137 Å². The average molecular weight is 348 g/mol. The maximum absolute atomic E-state index is 12.8. The first-order valence-electron chi connectivity index (χ1n) is 7.77. The van der Waals surface area contributed by atoms with E-state index in [2.05, 4.69) is 5.32 Å². The van der Waals surface area contributed by atoms with Crippen LogP contribution in [0.3, 0.4) is 0 Å². The zero-order valence-corrected chi connectivity index (χ0v) is 13.0. The number of hydrogen-bond donors (Lipinski definition) is 2. The summed E-state index contributed by atoms with van der Waals surface area (Å²) in [6.45, 7) is 0.481. The summed E-state index contributed by atoms with van der Waals surface area (Å²) in [6, 6.07) is 4.79. The molecule has 0 bridgehead atoms. The van der Waals surface area contributed by atoms with Crippen molar-refractivity contribution in [1.29, 1.82) is 0 Å². The van der Waals surface area contributed by atoms with E-state index in [0.717, 1.165) is 5.56 Å². The van der Waals surface area contributed by atoms with E-state index in [-0.39, 0.29) is 18.8 Å². The van der Waals surface area contributed by atoms with Gasteiger partial charge in [-0.05, 0) is 43.5 Å². The number of amides is 1. The van der Waals surface area contributed by atoms with Gasteiger partial charge in [0.1, 0.15) is 5.82 Å². The number of likely N-dealkylation sites (tertiary alicyclic amines) is 1. The van der Waals surface area contributed by atoms with Crippen LogP contribution in [0.4, 0.5) is 17.6 Å². The SMILES string of the molecule is O=C(CN1CCC[C@H]1[C@H](O)C(F)(F)F)NCCc1ccc(F)cc1. The van der Waals surface area contributed by atoms with Gasteiger partial charge in [-0.25, -0.2) is 4.39 Å². The largest absolute Gasteiger partial charge is 0.415 e. The van der Waals surface area contributed by atoms with Crippen LogP contribution >= 0.6 is 0 Å². The average Bonchev–Trinajstić information content (AvgIpc) is 2.95. The Morgan fingerprint density at radius 1 is 1.33 bits per heavy atom. The van der Waals surface area contributed by atoms with Crippen molar-refractivity contribution < 1.29 is 27.5 Å². The van der Waals surface area contributed by atoms with Crippen LogP contribution < -0.4 is 5.32 Å². The summed E-state index contributed by atoms with van der Waals surface area (Å²) in [5.74, 6) is -0.732. The number of carbonyl (C=O) groups is 1. The number of rotatable bonds is 6. The molecule has 24 heavy (non-hydrogen) atoms. The van der Waals surface area contributed by atoms with Gasteiger partial charge in [0.2, 0.25) is 5.91 Å². The zero-order chi connectivity index (χ0) is 17.7. The molecule has 0 unspecified atom stereocenters. The Balaban J connectivity index is 1.78. The first-order valence-corrected chi connectivity index (χ1v) is 7.77. The number of hydrogen-bond acceptors (Lipinski definition) is 3. The van der Waals surface area contributed by atoms with Crippen molar-refractivity contribution >= 4 is 5.91 Å². The number of halogens is 4. The molecule has 1 aliphatic heterocycles. The van der Waals surface area contributed by atoms with Gasteiger partial charge in [0.15, 0.2) is 6.10 Å². The smallest absolute Gasteiger partial charge is 0.382 e. The van der Waals surface area contributed by atoms with Gasteiger partial charge in [0, 0.05) is 12.6 Å². The van der Waals surface area contributed by atoms with Crippen LogP contribution in [-0.2, 0) is 11.2 Å². The van der Waals surface area contributed by atoms with E-state index < -0.39 is 24.2 Å². The molecule has 1 amide bonds. The number of carbonyl (C=O) groups excluding carboxylic acids is 1. The van der Waals surface area contributed by atoms with Gasteiger partial charge in [0.05, 0.1) is 6.54 Å². The van der Waals surface area contributed by atoms with Gasteiger partial charge in [0.25, 0.3) is 0 Å². The molecule has 1 aromatic carbocycles. The summed E-state index contributed by atoms with van der Waals surface area (Å²) in [5, 5.41) is 12.0. The second kappa shape index (κ2) is 7.94. The number of aliphatic hydroxyl groups excluding tert-OH is 1. The molecular formula is C16H20F4N2O2. The van der Waals surface area contributed by atoms with Crippen LogP contribution in [0.2, 0.25) is 0 Å². The predicted molar refractivity (Wildman–Crippen MR) is 79.8 cm³/mol. The van der Waals surface area contributed by atoms with Crippen LogP contribution in [0, 0.1) is 5.82 Å². The highest BCUT2D eigenvalue weighted by atomic mass is 19.4. The van der Waals surface area contributed by atoms with Gasteiger partial charge in [-0.2, -0.15) is 13.2 Å². The molecule has 2 rings (SSSR count). The van der Waals surface area contributed by atoms with Crippen molar-refractivity contribution in [2.45, 2.75) is 37.6 Å². The molecule has 1 aliphatic rings. The molecule has 1 aromatic rings. The minimum Gasteiger partial charge on any atom is -0.382 e. The molecule has 2 N–H and O–H groups in total. The van der Waals surface area contributed by atoms with Crippen LogP contribution in [-0.4, -0.2) is 53.9 Å². The van der Waals surface area contributed by atoms with Crippen molar-refractivity contribution in [3.05, 3.63) is 35.6 Å². The third-order valence-corrected chi connectivity index (χ3v) is 4.11. The second-order valence-electron chi connectivity index (χ2n) is 5.89. The first-order chi connectivity index (χ1) is 11.3. The monoisotopic (exact) mass is 348 g/mol. The summed E-state index contributed by atoms with van der Waals surface area (Å²) in [5.41, 5.74) is 0.850. The normalized spacial score (nSPS) is 20.1. The molecule has 2 atom stereocenters. The maximum Gasteiger partial charge on any atom is 0.415 e. The van der Waals surface area contributed by atoms with Crippen LogP contribution in [0.25, 0.3) is 0 Å². The predicted octanol–water partition coefficient (Wildman–Crippen LogP) is 1.87. The highest BCUT2D eigenvalue weighted by Gasteiger charge is 2.47. The van der Waals surface area contributed by atoms with Gasteiger partial charge >= 0.3 is 6.18 Å². The van der Waals surface area contributed by atoms with E-state index in [4.69, 9.17) is 0 Å². The fourth-order valence-electron chi connectivity index (χ4n) is 2.86. The Morgan fingerprint density at radius 3 is 2.62 bits per heavy atom. The number of aliphatic hydroxyl groups is 1. The van der Waals surface area contributed by atoms with Crippen LogP contribution in [0.15, 0.2) is 24.3 Å². The number of benzene rings is 1. The van der Waals surface area contributed by atoms with Crippen molar-refractivity contribution in [1.82, 2.24) is 10.2 Å². The molecule has 134 valence electrons. The molecular weight excluding hydrogens is 328 g/mol. The lowest BCUT2D eigenvalue weighted by Gasteiger charge is -2.29. The maximum atomic E-state index is 12.8. The lowest BCUT2D eigenvalue weighted by molar-refractivity contribution is -0.219. The Morgan fingerprint density at radius 2 is 2.00 bits per heavy atom. The highest BCUT2D eigenvalue weighted by Crippen LogP contribution is 2.30. The van der Waals surface area contributed by atoms with E-state index >= 15 is 0 Å². The highest BCUT2D eigenvalue weighted by molar-refractivity contribution is 5.78. The molecule has 0 radical (unpaired) electrons. The summed E-state index contributed by atoms with van der Waals surface area (Å²) in [7, 11) is 0. The standard InChI is InChI=1S/C16H20F4N2O2/c17-12-5-3-11(4-6-12)7-8-21-14(23)10-22-9-1-2-13(22)15(24)16(18,19)20/h3-6,13,15,24H,1-2,7-10H2,(H,21,23)/t13-,15-/m0/s1. The van der Waals surface area contributed by atoms with E-state index in [1.54, 1.807) is 12.1 Å². The number of alkyl halides is 3. The molecule has 0 aliphatic carbocycles. The minimum atomic E-state index is -4.69. The first kappa shape index (κ1) is 18.7. The lowest BCUT2D eigenvalue weighted by atomic mass is 10.1. The summed E-state index contributed by atoms with van der Waals surface area (Å²) >= 11 is 0. The van der Waals surface area contributed by atoms with E-state index in [0.29, 0.717) is 25.9 Å². The van der Waals surface area contributed by atoms with Gasteiger partial charge in [-0.15, -0.1) is 0 Å². The summed E-state index contributed by atoms with van der Waals surface area (Å²) in [4.78, 5) is 13.3. The fraction of sp³-hybridized carbons (Fsp3) is 0.562. The Kier molecular flexibility index (Phi) is 6.17.